The maximum Gasteiger partial charge on any atom is 0.203 e. The summed E-state index contributed by atoms with van der Waals surface area (Å²) in [5.74, 6) is 0.576. The van der Waals surface area contributed by atoms with Crippen molar-refractivity contribution < 1.29 is 9.53 Å². The zero-order valence-corrected chi connectivity index (χ0v) is 9.58. The lowest BCUT2D eigenvalue weighted by Gasteiger charge is -2.05. The first-order chi connectivity index (χ1) is 7.72. The molecule has 1 heterocycles. The van der Waals surface area contributed by atoms with Gasteiger partial charge in [-0.25, -0.2) is 0 Å². The molecule has 16 heavy (non-hydrogen) atoms. The van der Waals surface area contributed by atoms with Crippen LogP contribution in [0.15, 0.2) is 35.7 Å². The average molecular weight is 233 g/mol. The van der Waals surface area contributed by atoms with E-state index >= 15 is 0 Å². The van der Waals surface area contributed by atoms with E-state index in [1.165, 1.54) is 11.3 Å². The normalized spacial score (nSPS) is 10.1. The summed E-state index contributed by atoms with van der Waals surface area (Å²) in [5.41, 5.74) is 6.81. The van der Waals surface area contributed by atoms with Crippen LogP contribution in [0, 0.1) is 0 Å². The highest BCUT2D eigenvalue weighted by molar-refractivity contribution is 7.12. The molecule has 1 aromatic heterocycles. The van der Waals surface area contributed by atoms with E-state index in [4.69, 9.17) is 10.5 Å². The number of carbonyl (C=O) groups is 1. The van der Waals surface area contributed by atoms with Gasteiger partial charge in [0.05, 0.1) is 17.7 Å². The van der Waals surface area contributed by atoms with Crippen molar-refractivity contribution in [2.24, 2.45) is 0 Å². The SMILES string of the molecule is COc1ccc(C(=O)c2cccs2)cc1N. The van der Waals surface area contributed by atoms with Crippen molar-refractivity contribution in [1.29, 1.82) is 0 Å². The van der Waals surface area contributed by atoms with Gasteiger partial charge in [0.15, 0.2) is 0 Å². The van der Waals surface area contributed by atoms with Crippen LogP contribution in [0.3, 0.4) is 0 Å². The molecule has 2 aromatic rings. The Morgan fingerprint density at radius 2 is 2.19 bits per heavy atom. The van der Waals surface area contributed by atoms with E-state index in [-0.39, 0.29) is 5.78 Å². The molecule has 1 aromatic carbocycles. The zero-order valence-electron chi connectivity index (χ0n) is 8.77. The van der Waals surface area contributed by atoms with Crippen molar-refractivity contribution in [2.45, 2.75) is 0 Å². The molecular formula is C12H11NO2S. The number of hydrogen-bond acceptors (Lipinski definition) is 4. The van der Waals surface area contributed by atoms with Crippen molar-refractivity contribution in [3.05, 3.63) is 46.2 Å². The van der Waals surface area contributed by atoms with Gasteiger partial charge in [0, 0.05) is 5.56 Å². The maximum absolute atomic E-state index is 12.0. The zero-order chi connectivity index (χ0) is 11.5. The third kappa shape index (κ3) is 1.92. The predicted octanol–water partition coefficient (Wildman–Crippen LogP) is 2.57. The van der Waals surface area contributed by atoms with Crippen molar-refractivity contribution in [3.8, 4) is 5.75 Å². The van der Waals surface area contributed by atoms with E-state index in [0.29, 0.717) is 21.9 Å². The number of nitrogen functional groups attached to an aromatic ring is 1. The van der Waals surface area contributed by atoms with Crippen molar-refractivity contribution in [2.75, 3.05) is 12.8 Å². The molecule has 0 unspecified atom stereocenters. The van der Waals surface area contributed by atoms with Gasteiger partial charge in [-0.1, -0.05) is 6.07 Å². The molecule has 0 saturated heterocycles. The van der Waals surface area contributed by atoms with Gasteiger partial charge >= 0.3 is 0 Å². The lowest BCUT2D eigenvalue weighted by molar-refractivity contribution is 0.104. The molecule has 0 aliphatic heterocycles. The minimum Gasteiger partial charge on any atom is -0.495 e. The number of nitrogens with two attached hydrogens (primary N) is 1. The van der Waals surface area contributed by atoms with Crippen LogP contribution in [0.5, 0.6) is 5.75 Å². The Morgan fingerprint density at radius 1 is 1.38 bits per heavy atom. The highest BCUT2D eigenvalue weighted by Gasteiger charge is 2.11. The second kappa shape index (κ2) is 4.37. The lowest BCUT2D eigenvalue weighted by atomic mass is 10.1. The molecule has 0 bridgehead atoms. The van der Waals surface area contributed by atoms with Gasteiger partial charge in [0.25, 0.3) is 0 Å². The summed E-state index contributed by atoms with van der Waals surface area (Å²) >= 11 is 1.42. The molecule has 0 aliphatic rings. The third-order valence-electron chi connectivity index (χ3n) is 2.24. The maximum atomic E-state index is 12.0. The van der Waals surface area contributed by atoms with Gasteiger partial charge in [-0.05, 0) is 29.6 Å². The van der Waals surface area contributed by atoms with Gasteiger partial charge in [-0.3, -0.25) is 4.79 Å². The van der Waals surface area contributed by atoms with Gasteiger partial charge < -0.3 is 10.5 Å². The molecule has 3 nitrogen and oxygen atoms in total. The summed E-state index contributed by atoms with van der Waals surface area (Å²) in [6, 6.07) is 8.71. The Kier molecular flexibility index (Phi) is 2.92. The average Bonchev–Trinajstić information content (AvgIpc) is 2.81. The predicted molar refractivity (Wildman–Crippen MR) is 65.2 cm³/mol. The van der Waals surface area contributed by atoms with Crippen LogP contribution in [-0.2, 0) is 0 Å². The van der Waals surface area contributed by atoms with E-state index in [0.717, 1.165) is 0 Å². The van der Waals surface area contributed by atoms with Gasteiger partial charge in [-0.2, -0.15) is 0 Å². The second-order valence-corrected chi connectivity index (χ2v) is 4.21. The monoisotopic (exact) mass is 233 g/mol. The van der Waals surface area contributed by atoms with E-state index in [1.807, 2.05) is 11.4 Å². The van der Waals surface area contributed by atoms with Crippen LogP contribution in [-0.4, -0.2) is 12.9 Å². The number of ketones is 1. The summed E-state index contributed by atoms with van der Waals surface area (Å²) in [4.78, 5) is 12.7. The van der Waals surface area contributed by atoms with Crippen molar-refractivity contribution in [3.63, 3.8) is 0 Å². The standard InChI is InChI=1S/C12H11NO2S/c1-15-10-5-4-8(7-9(10)13)12(14)11-3-2-6-16-11/h2-7H,13H2,1H3. The fraction of sp³-hybridized carbons (Fsp3) is 0.0833. The molecule has 0 fully saturated rings. The number of thiophene rings is 1. The van der Waals surface area contributed by atoms with Crippen molar-refractivity contribution >= 4 is 22.8 Å². The summed E-state index contributed by atoms with van der Waals surface area (Å²) in [7, 11) is 1.55. The summed E-state index contributed by atoms with van der Waals surface area (Å²) in [6.45, 7) is 0. The largest absolute Gasteiger partial charge is 0.495 e. The lowest BCUT2D eigenvalue weighted by Crippen LogP contribution is -2.01. The number of methoxy groups -OCH3 is 1. The number of ether oxygens (including phenoxy) is 1. The first-order valence-corrected chi connectivity index (χ1v) is 5.62. The van der Waals surface area contributed by atoms with E-state index in [2.05, 4.69) is 0 Å². The number of anilines is 1. The summed E-state index contributed by atoms with van der Waals surface area (Å²) in [6.07, 6.45) is 0. The second-order valence-electron chi connectivity index (χ2n) is 3.26. The van der Waals surface area contributed by atoms with E-state index in [1.54, 1.807) is 31.4 Å². The number of carbonyl (C=O) groups excluding carboxylic acids is 1. The Bertz CT molecular complexity index is 506. The van der Waals surface area contributed by atoms with E-state index in [9.17, 15) is 4.79 Å². The molecule has 0 amide bonds. The third-order valence-corrected chi connectivity index (χ3v) is 3.11. The first kappa shape index (κ1) is 10.7. The quantitative estimate of drug-likeness (QED) is 0.654. The molecule has 82 valence electrons. The van der Waals surface area contributed by atoms with Crippen LogP contribution in [0.2, 0.25) is 0 Å². The molecule has 4 heteroatoms. The number of hydrogen-bond donors (Lipinski definition) is 1. The molecule has 0 atom stereocenters. The minimum absolute atomic E-state index is 0.00986. The molecule has 0 aliphatic carbocycles. The van der Waals surface area contributed by atoms with Crippen LogP contribution in [0.1, 0.15) is 15.2 Å². The Morgan fingerprint density at radius 3 is 2.75 bits per heavy atom. The molecule has 2 N–H and O–H groups in total. The van der Waals surface area contributed by atoms with Crippen LogP contribution < -0.4 is 10.5 Å². The highest BCUT2D eigenvalue weighted by atomic mass is 32.1. The Balaban J connectivity index is 2.35. The van der Waals surface area contributed by atoms with Crippen molar-refractivity contribution in [1.82, 2.24) is 0 Å². The summed E-state index contributed by atoms with van der Waals surface area (Å²) in [5, 5.41) is 1.88. The Hall–Kier alpha value is -1.81. The minimum atomic E-state index is -0.00986. The molecule has 2 rings (SSSR count). The summed E-state index contributed by atoms with van der Waals surface area (Å²) < 4.78 is 5.04. The van der Waals surface area contributed by atoms with Gasteiger partial charge in [-0.15, -0.1) is 11.3 Å². The van der Waals surface area contributed by atoms with Gasteiger partial charge in [0.2, 0.25) is 5.78 Å². The van der Waals surface area contributed by atoms with Gasteiger partial charge in [0.1, 0.15) is 5.75 Å². The first-order valence-electron chi connectivity index (χ1n) is 4.74. The van der Waals surface area contributed by atoms with E-state index < -0.39 is 0 Å². The fourth-order valence-corrected chi connectivity index (χ4v) is 2.11. The molecule has 0 spiro atoms. The molecular weight excluding hydrogens is 222 g/mol. The van der Waals surface area contributed by atoms with Crippen LogP contribution >= 0.6 is 11.3 Å². The highest BCUT2D eigenvalue weighted by Crippen LogP contribution is 2.24. The number of rotatable bonds is 3. The van der Waals surface area contributed by atoms with Crippen LogP contribution in [0.25, 0.3) is 0 Å². The topological polar surface area (TPSA) is 52.3 Å². The Labute approximate surface area is 97.5 Å². The van der Waals surface area contributed by atoms with Crippen LogP contribution in [0.4, 0.5) is 5.69 Å². The smallest absolute Gasteiger partial charge is 0.203 e. The molecule has 0 radical (unpaired) electrons. The number of benzene rings is 1. The molecule has 0 saturated carbocycles. The fourth-order valence-electron chi connectivity index (χ4n) is 1.43.